The lowest BCUT2D eigenvalue weighted by Crippen LogP contribution is -2.13. The molecule has 2 N–H and O–H groups in total. The van der Waals surface area contributed by atoms with Gasteiger partial charge in [-0.25, -0.2) is 0 Å². The molecule has 0 amide bonds. The van der Waals surface area contributed by atoms with Crippen molar-refractivity contribution < 1.29 is 0 Å². The van der Waals surface area contributed by atoms with Crippen molar-refractivity contribution >= 4 is 27.5 Å². The molecule has 3 heteroatoms. The minimum Gasteiger partial charge on any atom is -0.324 e. The highest BCUT2D eigenvalue weighted by molar-refractivity contribution is 9.10. The van der Waals surface area contributed by atoms with E-state index in [0.717, 1.165) is 27.0 Å². The van der Waals surface area contributed by atoms with Crippen LogP contribution >= 0.6 is 27.5 Å². The third kappa shape index (κ3) is 3.35. The molecule has 0 aliphatic carbocycles. The largest absolute Gasteiger partial charge is 0.324 e. The Bertz CT molecular complexity index is 554. The predicted molar refractivity (Wildman–Crippen MR) is 81.0 cm³/mol. The molecule has 1 atom stereocenters. The zero-order chi connectivity index (χ0) is 13.1. The van der Waals surface area contributed by atoms with Crippen molar-refractivity contribution in [3.63, 3.8) is 0 Å². The van der Waals surface area contributed by atoms with Gasteiger partial charge in [-0.05, 0) is 48.2 Å². The van der Waals surface area contributed by atoms with Crippen LogP contribution in [-0.2, 0) is 6.42 Å². The number of rotatable bonds is 3. The Morgan fingerprint density at radius 2 is 2.00 bits per heavy atom. The summed E-state index contributed by atoms with van der Waals surface area (Å²) in [5.74, 6) is 0. The molecule has 1 nitrogen and oxygen atoms in total. The number of hydrogen-bond acceptors (Lipinski definition) is 1. The van der Waals surface area contributed by atoms with Gasteiger partial charge in [-0.15, -0.1) is 0 Å². The van der Waals surface area contributed by atoms with Crippen LogP contribution in [0.3, 0.4) is 0 Å². The Labute approximate surface area is 121 Å². The molecule has 0 aliphatic heterocycles. The van der Waals surface area contributed by atoms with Crippen molar-refractivity contribution in [2.45, 2.75) is 19.4 Å². The zero-order valence-corrected chi connectivity index (χ0v) is 12.5. The highest BCUT2D eigenvalue weighted by Crippen LogP contribution is 2.23. The van der Waals surface area contributed by atoms with Crippen LogP contribution in [0.2, 0.25) is 5.02 Å². The number of benzene rings is 2. The topological polar surface area (TPSA) is 26.0 Å². The van der Waals surface area contributed by atoms with E-state index in [1.54, 1.807) is 0 Å². The summed E-state index contributed by atoms with van der Waals surface area (Å²) < 4.78 is 1.10. The number of halogens is 2. The lowest BCUT2D eigenvalue weighted by Gasteiger charge is -2.13. The fraction of sp³-hybridized carbons (Fsp3) is 0.200. The molecule has 0 heterocycles. The third-order valence-corrected chi connectivity index (χ3v) is 4.06. The fourth-order valence-electron chi connectivity index (χ4n) is 1.88. The molecular weight excluding hydrogens is 310 g/mol. The van der Waals surface area contributed by atoms with Crippen LogP contribution < -0.4 is 5.73 Å². The number of nitrogens with two attached hydrogens (primary N) is 1. The predicted octanol–water partition coefficient (Wildman–Crippen LogP) is 4.65. The fourth-order valence-corrected chi connectivity index (χ4v) is 2.48. The maximum Gasteiger partial charge on any atom is 0.0408 e. The highest BCUT2D eigenvalue weighted by atomic mass is 79.9. The molecule has 2 aromatic carbocycles. The summed E-state index contributed by atoms with van der Waals surface area (Å²) in [7, 11) is 0. The number of aryl methyl sites for hydroxylation is 1. The number of hydrogen-bond donors (Lipinski definition) is 1. The van der Waals surface area contributed by atoms with Gasteiger partial charge >= 0.3 is 0 Å². The molecule has 0 spiro atoms. The first kappa shape index (κ1) is 13.6. The van der Waals surface area contributed by atoms with E-state index in [0.29, 0.717) is 0 Å². The molecule has 0 radical (unpaired) electrons. The minimum absolute atomic E-state index is 0.0135. The second kappa shape index (κ2) is 5.87. The normalized spacial score (nSPS) is 12.4. The van der Waals surface area contributed by atoms with Crippen LogP contribution in [0.5, 0.6) is 0 Å². The molecule has 18 heavy (non-hydrogen) atoms. The molecule has 94 valence electrons. The van der Waals surface area contributed by atoms with Crippen LogP contribution in [-0.4, -0.2) is 0 Å². The van der Waals surface area contributed by atoms with Crippen LogP contribution in [0, 0.1) is 6.92 Å². The summed E-state index contributed by atoms with van der Waals surface area (Å²) >= 11 is 9.51. The second-order valence-corrected chi connectivity index (χ2v) is 5.74. The molecule has 1 unspecified atom stereocenters. The summed E-state index contributed by atoms with van der Waals surface area (Å²) in [6.07, 6.45) is 0.788. The molecule has 0 saturated heterocycles. The highest BCUT2D eigenvalue weighted by Gasteiger charge is 2.08. The molecule has 0 fully saturated rings. The molecule has 2 aromatic rings. The summed E-state index contributed by atoms with van der Waals surface area (Å²) in [6.45, 7) is 2.07. The molecule has 2 rings (SSSR count). The van der Waals surface area contributed by atoms with Gasteiger partial charge in [-0.3, -0.25) is 0 Å². The third-order valence-electron chi connectivity index (χ3n) is 2.97. The van der Waals surface area contributed by atoms with E-state index in [2.05, 4.69) is 47.1 Å². The van der Waals surface area contributed by atoms with E-state index >= 15 is 0 Å². The molecule has 0 saturated carbocycles. The average Bonchev–Trinajstić information content (AvgIpc) is 2.32. The van der Waals surface area contributed by atoms with Crippen molar-refractivity contribution in [2.75, 3.05) is 0 Å². The van der Waals surface area contributed by atoms with Crippen LogP contribution in [0.25, 0.3) is 0 Å². The van der Waals surface area contributed by atoms with E-state index in [1.807, 2.05) is 18.2 Å². The van der Waals surface area contributed by atoms with Crippen molar-refractivity contribution in [1.82, 2.24) is 0 Å². The Kier molecular flexibility index (Phi) is 4.44. The van der Waals surface area contributed by atoms with Gasteiger partial charge in [0.2, 0.25) is 0 Å². The van der Waals surface area contributed by atoms with Gasteiger partial charge in [0.25, 0.3) is 0 Å². The summed E-state index contributed by atoms with van der Waals surface area (Å²) in [4.78, 5) is 0. The van der Waals surface area contributed by atoms with Crippen LogP contribution in [0.15, 0.2) is 46.9 Å². The molecule has 0 bridgehead atoms. The van der Waals surface area contributed by atoms with Crippen LogP contribution in [0.1, 0.15) is 22.7 Å². The Balaban J connectivity index is 2.16. The van der Waals surface area contributed by atoms with E-state index in [9.17, 15) is 0 Å². The Hall–Kier alpha value is -0.830. The quantitative estimate of drug-likeness (QED) is 0.873. The van der Waals surface area contributed by atoms with Gasteiger partial charge in [-0.2, -0.15) is 0 Å². The molecular formula is C15H15BrClN. The van der Waals surface area contributed by atoms with Gasteiger partial charge in [0.05, 0.1) is 0 Å². The summed E-state index contributed by atoms with van der Waals surface area (Å²) in [5, 5.41) is 0.754. The van der Waals surface area contributed by atoms with E-state index in [4.69, 9.17) is 17.3 Å². The Morgan fingerprint density at radius 3 is 2.67 bits per heavy atom. The van der Waals surface area contributed by atoms with Crippen molar-refractivity contribution in [3.05, 3.63) is 68.7 Å². The van der Waals surface area contributed by atoms with Crippen LogP contribution in [0.4, 0.5) is 0 Å². The minimum atomic E-state index is -0.0135. The van der Waals surface area contributed by atoms with Gasteiger partial charge in [0.15, 0.2) is 0 Å². The summed E-state index contributed by atoms with van der Waals surface area (Å²) in [6, 6.07) is 14.1. The lowest BCUT2D eigenvalue weighted by atomic mass is 9.99. The average molecular weight is 325 g/mol. The van der Waals surface area contributed by atoms with Gasteiger partial charge in [0.1, 0.15) is 0 Å². The first-order valence-electron chi connectivity index (χ1n) is 5.82. The first-order valence-corrected chi connectivity index (χ1v) is 6.99. The smallest absolute Gasteiger partial charge is 0.0408 e. The SMILES string of the molecule is Cc1ccc(C(N)Cc2cccc(Cl)c2)cc1Br. The maximum absolute atomic E-state index is 6.23. The van der Waals surface area contributed by atoms with Gasteiger partial charge < -0.3 is 5.73 Å². The van der Waals surface area contributed by atoms with Gasteiger partial charge in [0, 0.05) is 15.5 Å². The Morgan fingerprint density at radius 1 is 1.22 bits per heavy atom. The maximum atomic E-state index is 6.23. The van der Waals surface area contributed by atoms with Crippen molar-refractivity contribution in [2.24, 2.45) is 5.73 Å². The summed E-state index contributed by atoms with van der Waals surface area (Å²) in [5.41, 5.74) is 9.74. The van der Waals surface area contributed by atoms with Gasteiger partial charge in [-0.1, -0.05) is 51.8 Å². The van der Waals surface area contributed by atoms with E-state index in [-0.39, 0.29) is 6.04 Å². The first-order chi connectivity index (χ1) is 8.56. The molecule has 0 aromatic heterocycles. The van der Waals surface area contributed by atoms with E-state index < -0.39 is 0 Å². The van der Waals surface area contributed by atoms with Crippen molar-refractivity contribution in [3.8, 4) is 0 Å². The van der Waals surface area contributed by atoms with E-state index in [1.165, 1.54) is 5.56 Å². The second-order valence-electron chi connectivity index (χ2n) is 4.45. The zero-order valence-electron chi connectivity index (χ0n) is 10.2. The lowest BCUT2D eigenvalue weighted by molar-refractivity contribution is 0.721. The van der Waals surface area contributed by atoms with Crippen molar-refractivity contribution in [1.29, 1.82) is 0 Å². The molecule has 0 aliphatic rings. The standard InChI is InChI=1S/C15H15BrClN/c1-10-5-6-12(9-14(10)16)15(18)8-11-3-2-4-13(17)7-11/h2-7,9,15H,8,18H2,1H3. The monoisotopic (exact) mass is 323 g/mol.